The van der Waals surface area contributed by atoms with Crippen LogP contribution in [0, 0.1) is 0 Å². The second kappa shape index (κ2) is 5.28. The molecule has 0 unspecified atom stereocenters. The van der Waals surface area contributed by atoms with Crippen molar-refractivity contribution in [3.05, 3.63) is 36.4 Å². The summed E-state index contributed by atoms with van der Waals surface area (Å²) in [6.07, 6.45) is 6.20. The second-order valence-corrected chi connectivity index (χ2v) is 5.25. The SMILES string of the molecule is CCc1c[nH]c2ncnc(Nc3cc4cn[nH]c4cc3OC)c12. The summed E-state index contributed by atoms with van der Waals surface area (Å²) in [5, 5.41) is 12.4. The number of hydrogen-bond acceptors (Lipinski definition) is 5. The van der Waals surface area contributed by atoms with Gasteiger partial charge >= 0.3 is 0 Å². The predicted molar refractivity (Wildman–Crippen MR) is 89.2 cm³/mol. The van der Waals surface area contributed by atoms with Crippen molar-refractivity contribution in [1.82, 2.24) is 25.1 Å². The highest BCUT2D eigenvalue weighted by Gasteiger charge is 2.13. The molecule has 7 nitrogen and oxygen atoms in total. The highest BCUT2D eigenvalue weighted by molar-refractivity contribution is 5.94. The Labute approximate surface area is 132 Å². The molecule has 0 saturated carbocycles. The number of fused-ring (bicyclic) bond motifs is 2. The first-order valence-corrected chi connectivity index (χ1v) is 7.39. The van der Waals surface area contributed by atoms with Gasteiger partial charge in [-0.25, -0.2) is 9.97 Å². The summed E-state index contributed by atoms with van der Waals surface area (Å²) in [5.41, 5.74) is 3.76. The summed E-state index contributed by atoms with van der Waals surface area (Å²) in [6.45, 7) is 2.11. The van der Waals surface area contributed by atoms with Crippen LogP contribution in [0.15, 0.2) is 30.9 Å². The van der Waals surface area contributed by atoms with Crippen molar-refractivity contribution in [1.29, 1.82) is 0 Å². The lowest BCUT2D eigenvalue weighted by atomic mass is 10.1. The molecule has 0 aliphatic rings. The highest BCUT2D eigenvalue weighted by Crippen LogP contribution is 2.33. The zero-order valence-corrected chi connectivity index (χ0v) is 12.8. The van der Waals surface area contributed by atoms with E-state index >= 15 is 0 Å². The van der Waals surface area contributed by atoms with Crippen molar-refractivity contribution in [2.75, 3.05) is 12.4 Å². The van der Waals surface area contributed by atoms with E-state index in [9.17, 15) is 0 Å². The monoisotopic (exact) mass is 308 g/mol. The second-order valence-electron chi connectivity index (χ2n) is 5.25. The number of hydrogen-bond donors (Lipinski definition) is 3. The van der Waals surface area contributed by atoms with Crippen molar-refractivity contribution < 1.29 is 4.74 Å². The highest BCUT2D eigenvalue weighted by atomic mass is 16.5. The van der Waals surface area contributed by atoms with E-state index in [4.69, 9.17) is 4.74 Å². The topological polar surface area (TPSA) is 91.5 Å². The van der Waals surface area contributed by atoms with Crippen LogP contribution in [0.2, 0.25) is 0 Å². The Balaban J connectivity index is 1.85. The fraction of sp³-hybridized carbons (Fsp3) is 0.188. The summed E-state index contributed by atoms with van der Waals surface area (Å²) in [5.74, 6) is 1.48. The average Bonchev–Trinajstić information content (AvgIpc) is 3.20. The summed E-state index contributed by atoms with van der Waals surface area (Å²) >= 11 is 0. The van der Waals surface area contributed by atoms with Crippen molar-refractivity contribution in [3.63, 3.8) is 0 Å². The van der Waals surface area contributed by atoms with Crippen LogP contribution in [0.4, 0.5) is 11.5 Å². The van der Waals surface area contributed by atoms with E-state index < -0.39 is 0 Å². The van der Waals surface area contributed by atoms with Gasteiger partial charge < -0.3 is 15.0 Å². The van der Waals surface area contributed by atoms with Crippen LogP contribution in [0.25, 0.3) is 21.9 Å². The Kier molecular flexibility index (Phi) is 3.11. The number of rotatable bonds is 4. The predicted octanol–water partition coefficient (Wildman–Crippen LogP) is 3.15. The molecule has 0 aliphatic carbocycles. The third-order valence-corrected chi connectivity index (χ3v) is 3.95. The summed E-state index contributed by atoms with van der Waals surface area (Å²) in [7, 11) is 1.64. The average molecular weight is 308 g/mol. The van der Waals surface area contributed by atoms with Crippen molar-refractivity contribution in [3.8, 4) is 5.75 Å². The molecule has 0 fully saturated rings. The first-order valence-electron chi connectivity index (χ1n) is 7.39. The third-order valence-electron chi connectivity index (χ3n) is 3.95. The van der Waals surface area contributed by atoms with Gasteiger partial charge in [-0.2, -0.15) is 5.10 Å². The first-order chi connectivity index (χ1) is 11.3. The molecule has 23 heavy (non-hydrogen) atoms. The summed E-state index contributed by atoms with van der Waals surface area (Å²) in [6, 6.07) is 3.91. The van der Waals surface area contributed by atoms with Crippen molar-refractivity contribution in [2.24, 2.45) is 0 Å². The van der Waals surface area contributed by atoms with E-state index in [0.29, 0.717) is 0 Å². The Bertz CT molecular complexity index is 987. The maximum absolute atomic E-state index is 5.48. The minimum Gasteiger partial charge on any atom is -0.494 e. The lowest BCUT2D eigenvalue weighted by molar-refractivity contribution is 0.417. The van der Waals surface area contributed by atoms with Crippen molar-refractivity contribution >= 4 is 33.4 Å². The summed E-state index contributed by atoms with van der Waals surface area (Å²) < 4.78 is 5.48. The van der Waals surface area contributed by atoms with Crippen LogP contribution in [0.5, 0.6) is 5.75 Å². The van der Waals surface area contributed by atoms with E-state index in [2.05, 4.69) is 37.4 Å². The lowest BCUT2D eigenvalue weighted by Gasteiger charge is -2.12. The molecule has 7 heteroatoms. The Morgan fingerprint density at radius 2 is 2.17 bits per heavy atom. The first kappa shape index (κ1) is 13.6. The van der Waals surface area contributed by atoms with Crippen LogP contribution in [-0.2, 0) is 6.42 Å². The number of benzene rings is 1. The minimum atomic E-state index is 0.724. The molecule has 4 aromatic rings. The fourth-order valence-corrected chi connectivity index (χ4v) is 2.77. The number of ether oxygens (including phenoxy) is 1. The lowest BCUT2D eigenvalue weighted by Crippen LogP contribution is -1.99. The summed E-state index contributed by atoms with van der Waals surface area (Å²) in [4.78, 5) is 11.9. The van der Waals surface area contributed by atoms with E-state index in [-0.39, 0.29) is 0 Å². The molecule has 1 aromatic carbocycles. The van der Waals surface area contributed by atoms with Crippen LogP contribution in [-0.4, -0.2) is 32.3 Å². The molecule has 4 rings (SSSR count). The normalized spacial score (nSPS) is 11.2. The maximum atomic E-state index is 5.48. The molecule has 3 aromatic heterocycles. The largest absolute Gasteiger partial charge is 0.494 e. The van der Waals surface area contributed by atoms with E-state index in [1.165, 1.54) is 5.56 Å². The van der Waals surface area contributed by atoms with Gasteiger partial charge in [0.15, 0.2) is 0 Å². The van der Waals surface area contributed by atoms with Gasteiger partial charge in [0, 0.05) is 17.6 Å². The minimum absolute atomic E-state index is 0.724. The molecular formula is C16H16N6O. The van der Waals surface area contributed by atoms with E-state index in [1.807, 2.05) is 18.3 Å². The van der Waals surface area contributed by atoms with Crippen LogP contribution in [0.1, 0.15) is 12.5 Å². The maximum Gasteiger partial charge on any atom is 0.144 e. The number of aryl methyl sites for hydroxylation is 1. The molecule has 3 N–H and O–H groups in total. The molecule has 0 bridgehead atoms. The standard InChI is InChI=1S/C16H16N6O/c1-3-9-6-17-15-14(9)16(19-8-18-15)21-12-4-10-7-20-22-11(10)5-13(12)23-2/h4-8H,3H2,1-2H3,(H,20,22)(H2,17,18,19,21). The number of anilines is 2. The number of nitrogens with one attached hydrogen (secondary N) is 3. The van der Waals surface area contributed by atoms with Crippen molar-refractivity contribution in [2.45, 2.75) is 13.3 Å². The smallest absolute Gasteiger partial charge is 0.144 e. The van der Waals surface area contributed by atoms with Gasteiger partial charge in [0.1, 0.15) is 23.5 Å². The Morgan fingerprint density at radius 1 is 1.26 bits per heavy atom. The number of aromatic amines is 2. The molecular weight excluding hydrogens is 292 g/mol. The van der Waals surface area contributed by atoms with Gasteiger partial charge in [-0.15, -0.1) is 0 Å². The molecule has 0 saturated heterocycles. The molecule has 0 amide bonds. The van der Waals surface area contributed by atoms with Gasteiger partial charge in [-0.3, -0.25) is 5.10 Å². The fourth-order valence-electron chi connectivity index (χ4n) is 2.77. The quantitative estimate of drug-likeness (QED) is 0.538. The van der Waals surface area contributed by atoms with Gasteiger partial charge in [0.2, 0.25) is 0 Å². The van der Waals surface area contributed by atoms with Gasteiger partial charge in [-0.1, -0.05) is 6.92 Å². The molecule has 0 spiro atoms. The van der Waals surface area contributed by atoms with E-state index in [1.54, 1.807) is 19.6 Å². The Morgan fingerprint density at radius 3 is 3.00 bits per heavy atom. The number of H-pyrrole nitrogens is 2. The number of nitrogens with zero attached hydrogens (tertiary/aromatic N) is 3. The molecule has 0 atom stereocenters. The van der Waals surface area contributed by atoms with Crippen LogP contribution in [0.3, 0.4) is 0 Å². The number of methoxy groups -OCH3 is 1. The molecule has 0 radical (unpaired) electrons. The Hall–Kier alpha value is -3.09. The van der Waals surface area contributed by atoms with Gasteiger partial charge in [-0.05, 0) is 18.1 Å². The van der Waals surface area contributed by atoms with Crippen LogP contribution >= 0.6 is 0 Å². The number of aromatic nitrogens is 5. The van der Waals surface area contributed by atoms with Gasteiger partial charge in [0.05, 0.1) is 29.9 Å². The molecule has 0 aliphatic heterocycles. The zero-order chi connectivity index (χ0) is 15.8. The molecule has 116 valence electrons. The third kappa shape index (κ3) is 2.17. The van der Waals surface area contributed by atoms with E-state index in [0.717, 1.165) is 45.6 Å². The van der Waals surface area contributed by atoms with Gasteiger partial charge in [0.25, 0.3) is 0 Å². The molecule has 3 heterocycles. The zero-order valence-electron chi connectivity index (χ0n) is 12.8. The van der Waals surface area contributed by atoms with Crippen LogP contribution < -0.4 is 10.1 Å².